The summed E-state index contributed by atoms with van der Waals surface area (Å²) in [6, 6.07) is 17.1. The minimum absolute atomic E-state index is 0.00290. The average molecular weight is 499 g/mol. The van der Waals surface area contributed by atoms with Gasteiger partial charge in [-0.3, -0.25) is 14.5 Å². The second-order valence-electron chi connectivity index (χ2n) is 9.91. The van der Waals surface area contributed by atoms with E-state index in [0.717, 1.165) is 49.5 Å². The molecule has 1 saturated heterocycles. The first-order valence-corrected chi connectivity index (χ1v) is 12.7. The Hall–Kier alpha value is -4.11. The smallest absolute Gasteiger partial charge is 0.269 e. The number of para-hydroxylation sites is 1. The molecule has 0 bridgehead atoms. The zero-order valence-corrected chi connectivity index (χ0v) is 20.6. The average Bonchev–Trinajstić information content (AvgIpc) is 3.55. The zero-order chi connectivity index (χ0) is 25.6. The Morgan fingerprint density at radius 1 is 1.08 bits per heavy atom. The van der Waals surface area contributed by atoms with Gasteiger partial charge in [0.2, 0.25) is 5.91 Å². The van der Waals surface area contributed by atoms with Gasteiger partial charge in [0.05, 0.1) is 23.0 Å². The van der Waals surface area contributed by atoms with Gasteiger partial charge in [0, 0.05) is 26.2 Å². The summed E-state index contributed by atoms with van der Waals surface area (Å²) < 4.78 is 7.54. The number of anilines is 1. The van der Waals surface area contributed by atoms with Crippen LogP contribution in [0.1, 0.15) is 41.5 Å². The van der Waals surface area contributed by atoms with E-state index in [1.807, 2.05) is 59.5 Å². The Bertz CT molecular complexity index is 1350. The molecule has 9 heteroatoms. The summed E-state index contributed by atoms with van der Waals surface area (Å²) in [5, 5.41) is 8.30. The highest BCUT2D eigenvalue weighted by atomic mass is 16.5. The van der Waals surface area contributed by atoms with Gasteiger partial charge in [-0.15, -0.1) is 0 Å². The van der Waals surface area contributed by atoms with Gasteiger partial charge < -0.3 is 20.7 Å². The number of carbonyl (C=O) groups is 2. The molecule has 3 N–H and O–H groups in total. The number of nitrogens with two attached hydrogens (primary N) is 1. The molecule has 2 fully saturated rings. The van der Waals surface area contributed by atoms with E-state index in [9.17, 15) is 9.59 Å². The monoisotopic (exact) mass is 498 g/mol. The third-order valence-corrected chi connectivity index (χ3v) is 7.63. The summed E-state index contributed by atoms with van der Waals surface area (Å²) in [6.07, 6.45) is 4.27. The van der Waals surface area contributed by atoms with E-state index in [1.54, 1.807) is 4.68 Å². The molecule has 6 rings (SSSR count). The van der Waals surface area contributed by atoms with E-state index < -0.39 is 5.91 Å². The van der Waals surface area contributed by atoms with Gasteiger partial charge in [-0.1, -0.05) is 24.8 Å². The molecule has 2 aromatic carbocycles. The van der Waals surface area contributed by atoms with Gasteiger partial charge in [-0.25, -0.2) is 4.68 Å². The van der Waals surface area contributed by atoms with Crippen molar-refractivity contribution in [2.75, 3.05) is 31.5 Å². The summed E-state index contributed by atoms with van der Waals surface area (Å²) in [7, 11) is 0. The van der Waals surface area contributed by atoms with Crippen molar-refractivity contribution in [2.24, 2.45) is 5.73 Å². The predicted octanol–water partition coefficient (Wildman–Crippen LogP) is 3.48. The summed E-state index contributed by atoms with van der Waals surface area (Å²) in [4.78, 5) is 29.4. The van der Waals surface area contributed by atoms with Crippen molar-refractivity contribution in [3.63, 3.8) is 0 Å². The van der Waals surface area contributed by atoms with Crippen LogP contribution in [0.15, 0.2) is 67.3 Å². The van der Waals surface area contributed by atoms with Crippen LogP contribution in [0, 0.1) is 0 Å². The molecule has 2 aliphatic heterocycles. The van der Waals surface area contributed by atoms with Crippen molar-refractivity contribution in [3.8, 4) is 17.2 Å². The van der Waals surface area contributed by atoms with Gasteiger partial charge in [-0.2, -0.15) is 5.10 Å². The molecule has 1 aliphatic carbocycles. The number of primary amides is 1. The van der Waals surface area contributed by atoms with Crippen LogP contribution in [0.3, 0.4) is 0 Å². The Morgan fingerprint density at radius 3 is 2.49 bits per heavy atom. The van der Waals surface area contributed by atoms with Gasteiger partial charge in [0.1, 0.15) is 17.2 Å². The molecule has 37 heavy (non-hydrogen) atoms. The number of hydrogen-bond acceptors (Lipinski definition) is 6. The first-order valence-electron chi connectivity index (χ1n) is 12.7. The maximum Gasteiger partial charge on any atom is 0.269 e. The molecule has 2 amide bonds. The second-order valence-corrected chi connectivity index (χ2v) is 9.91. The highest BCUT2D eigenvalue weighted by Gasteiger charge is 2.54. The molecule has 1 aromatic heterocycles. The number of hydrogen-bond donors (Lipinski definition) is 2. The van der Waals surface area contributed by atoms with Gasteiger partial charge in [0.15, 0.2) is 5.69 Å². The lowest BCUT2D eigenvalue weighted by molar-refractivity contribution is -0.132. The van der Waals surface area contributed by atoms with Gasteiger partial charge >= 0.3 is 0 Å². The summed E-state index contributed by atoms with van der Waals surface area (Å²) in [5.41, 5.74) is 8.34. The Balaban J connectivity index is 1.29. The van der Waals surface area contributed by atoms with Gasteiger partial charge in [-0.05, 0) is 61.7 Å². The zero-order valence-electron chi connectivity index (χ0n) is 20.6. The molecule has 9 nitrogen and oxygen atoms in total. The number of fused-ring (bicyclic) bond motifs is 1. The number of ether oxygens (including phenoxy) is 1. The first-order chi connectivity index (χ1) is 18.0. The number of piperazine rings is 1. The highest BCUT2D eigenvalue weighted by Crippen LogP contribution is 2.47. The van der Waals surface area contributed by atoms with E-state index in [1.165, 1.54) is 6.08 Å². The maximum absolute atomic E-state index is 12.6. The lowest BCUT2D eigenvalue weighted by atomic mass is 9.99. The van der Waals surface area contributed by atoms with Crippen LogP contribution in [0.2, 0.25) is 0 Å². The third-order valence-electron chi connectivity index (χ3n) is 7.63. The van der Waals surface area contributed by atoms with Crippen LogP contribution in [-0.4, -0.2) is 63.1 Å². The first kappa shape index (κ1) is 23.3. The predicted molar refractivity (Wildman–Crippen MR) is 140 cm³/mol. The molecular weight excluding hydrogens is 468 g/mol. The fraction of sp³-hybridized carbons (Fsp3) is 0.321. The number of rotatable bonds is 6. The Morgan fingerprint density at radius 2 is 1.81 bits per heavy atom. The van der Waals surface area contributed by atoms with Crippen molar-refractivity contribution < 1.29 is 14.3 Å². The van der Waals surface area contributed by atoms with E-state index in [2.05, 4.69) is 16.8 Å². The summed E-state index contributed by atoms with van der Waals surface area (Å²) in [5.74, 6) is 0.901. The molecule has 0 unspecified atom stereocenters. The van der Waals surface area contributed by atoms with Crippen LogP contribution >= 0.6 is 0 Å². The van der Waals surface area contributed by atoms with Crippen LogP contribution in [0.25, 0.3) is 5.69 Å². The molecule has 1 spiro atoms. The van der Waals surface area contributed by atoms with Gasteiger partial charge in [0.25, 0.3) is 5.91 Å². The molecular formula is C28H30N6O3. The lowest BCUT2D eigenvalue weighted by Gasteiger charge is -2.45. The minimum Gasteiger partial charge on any atom is -0.457 e. The van der Waals surface area contributed by atoms with E-state index in [0.29, 0.717) is 30.2 Å². The standard InChI is InChI=1S/C28H30N6O3/c1-2-23(35)33-17-16-32(18-28(33)13-14-28)22-12-15-30-25-24(22)31-34(26(25)27(29)36)19-8-10-21(11-9-19)37-20-6-4-3-5-7-20/h2-11,22,30H,1,12-18H2,(H2,29,36)/t22-/m1/s1. The van der Waals surface area contributed by atoms with E-state index in [4.69, 9.17) is 15.6 Å². The van der Waals surface area contributed by atoms with Crippen LogP contribution in [0.4, 0.5) is 5.69 Å². The largest absolute Gasteiger partial charge is 0.457 e. The topological polar surface area (TPSA) is 106 Å². The molecule has 3 aliphatic rings. The fourth-order valence-electron chi connectivity index (χ4n) is 5.66. The minimum atomic E-state index is -0.536. The van der Waals surface area contributed by atoms with Crippen molar-refractivity contribution >= 4 is 17.5 Å². The Labute approximate surface area is 215 Å². The number of benzene rings is 2. The molecule has 3 aromatic rings. The number of amides is 2. The van der Waals surface area contributed by atoms with Crippen molar-refractivity contribution in [1.29, 1.82) is 0 Å². The van der Waals surface area contributed by atoms with Crippen molar-refractivity contribution in [1.82, 2.24) is 19.6 Å². The van der Waals surface area contributed by atoms with E-state index >= 15 is 0 Å². The number of aromatic nitrogens is 2. The molecule has 1 saturated carbocycles. The fourth-order valence-corrected chi connectivity index (χ4v) is 5.66. The third kappa shape index (κ3) is 4.15. The van der Waals surface area contributed by atoms with Crippen LogP contribution in [-0.2, 0) is 4.79 Å². The number of carbonyl (C=O) groups excluding carboxylic acids is 2. The van der Waals surface area contributed by atoms with Crippen molar-refractivity contribution in [3.05, 3.63) is 78.6 Å². The van der Waals surface area contributed by atoms with Crippen LogP contribution in [0.5, 0.6) is 11.5 Å². The lowest BCUT2D eigenvalue weighted by Crippen LogP contribution is -2.57. The number of nitrogens with zero attached hydrogens (tertiary/aromatic N) is 4. The maximum atomic E-state index is 12.6. The number of nitrogens with one attached hydrogen (secondary N) is 1. The second kappa shape index (κ2) is 9.08. The highest BCUT2D eigenvalue weighted by molar-refractivity contribution is 5.98. The Kier molecular flexibility index (Phi) is 5.72. The normalized spacial score (nSPS) is 20.1. The molecule has 0 radical (unpaired) electrons. The summed E-state index contributed by atoms with van der Waals surface area (Å²) >= 11 is 0. The van der Waals surface area contributed by atoms with E-state index in [-0.39, 0.29) is 17.5 Å². The van der Waals surface area contributed by atoms with Crippen molar-refractivity contribution in [2.45, 2.75) is 30.8 Å². The molecule has 190 valence electrons. The molecule has 1 atom stereocenters. The quantitative estimate of drug-likeness (QED) is 0.504. The SMILES string of the molecule is C=CC(=O)N1CCN([C@@H]2CCNc3c2nn(-c2ccc(Oc4ccccc4)cc2)c3C(N)=O)CC12CC2. The summed E-state index contributed by atoms with van der Waals surface area (Å²) in [6.45, 7) is 6.59. The molecule has 3 heterocycles. The van der Waals surface area contributed by atoms with Crippen LogP contribution < -0.4 is 15.8 Å².